The van der Waals surface area contributed by atoms with Crippen LogP contribution in [0, 0.1) is 6.92 Å². The lowest BCUT2D eigenvalue weighted by Crippen LogP contribution is -1.89. The predicted octanol–water partition coefficient (Wildman–Crippen LogP) is 4.19. The van der Waals surface area contributed by atoms with Gasteiger partial charge in [0, 0.05) is 16.1 Å². The Morgan fingerprint density at radius 3 is 2.59 bits per heavy atom. The van der Waals surface area contributed by atoms with Gasteiger partial charge in [-0.2, -0.15) is 19.2 Å². The van der Waals surface area contributed by atoms with E-state index in [2.05, 4.69) is 12.0 Å². The van der Waals surface area contributed by atoms with Crippen LogP contribution in [-0.2, 0) is 16.0 Å². The zero-order valence-corrected chi connectivity index (χ0v) is 13.4. The first-order chi connectivity index (χ1) is 10.5. The maximum Gasteiger partial charge on any atom is 0.373 e. The van der Waals surface area contributed by atoms with Crippen molar-refractivity contribution < 1.29 is 14.0 Å². The summed E-state index contributed by atoms with van der Waals surface area (Å²) >= 11 is 12.2. The fraction of sp³-hybridized carbons (Fsp3) is 0.200. The van der Waals surface area contributed by atoms with E-state index in [9.17, 15) is 0 Å². The summed E-state index contributed by atoms with van der Waals surface area (Å²) in [4.78, 5) is 16.2. The molecule has 3 aromatic rings. The first-order valence-corrected chi connectivity index (χ1v) is 7.19. The average Bonchev–Trinajstić information content (AvgIpc) is 2.98. The number of carbonyl (C=O) groups excluding carboxylic acids is 2. The number of hydrogen-bond acceptors (Lipinski definition) is 4. The van der Waals surface area contributed by atoms with Gasteiger partial charge in [-0.25, -0.2) is 0 Å². The molecule has 7 heteroatoms. The molecule has 0 amide bonds. The third-order valence-electron chi connectivity index (χ3n) is 3.21. The minimum atomic E-state index is 0.250. The third kappa shape index (κ3) is 2.92. The van der Waals surface area contributed by atoms with Crippen molar-refractivity contribution in [2.24, 2.45) is 0 Å². The molecule has 0 saturated heterocycles. The van der Waals surface area contributed by atoms with Crippen molar-refractivity contribution in [1.29, 1.82) is 0 Å². The number of rotatable bonds is 2. The van der Waals surface area contributed by atoms with E-state index in [-0.39, 0.29) is 6.15 Å². The molecule has 22 heavy (non-hydrogen) atoms. The number of benzene rings is 1. The van der Waals surface area contributed by atoms with E-state index in [1.54, 1.807) is 22.9 Å². The number of hydrogen-bond donors (Lipinski definition) is 0. The number of oxazole rings is 1. The number of aryl methyl sites for hydroxylation is 2. The van der Waals surface area contributed by atoms with Gasteiger partial charge in [0.25, 0.3) is 0 Å². The SMILES string of the molecule is CCc1c(C)nn2c(-c3ccc(Cl)cc3Cl)coc12.O=C=O. The molecule has 0 bridgehead atoms. The van der Waals surface area contributed by atoms with Crippen LogP contribution < -0.4 is 0 Å². The average molecular weight is 339 g/mol. The highest BCUT2D eigenvalue weighted by Crippen LogP contribution is 2.32. The van der Waals surface area contributed by atoms with Crippen LogP contribution in [0.1, 0.15) is 18.2 Å². The molecule has 3 rings (SSSR count). The van der Waals surface area contributed by atoms with Crippen LogP contribution >= 0.6 is 23.2 Å². The monoisotopic (exact) mass is 338 g/mol. The van der Waals surface area contributed by atoms with E-state index in [0.717, 1.165) is 34.6 Å². The summed E-state index contributed by atoms with van der Waals surface area (Å²) in [5.41, 5.74) is 4.57. The molecular weight excluding hydrogens is 327 g/mol. The Kier molecular flexibility index (Phi) is 5.03. The first-order valence-electron chi connectivity index (χ1n) is 6.43. The molecule has 0 unspecified atom stereocenters. The highest BCUT2D eigenvalue weighted by molar-refractivity contribution is 6.36. The predicted molar refractivity (Wildman–Crippen MR) is 82.0 cm³/mol. The molecule has 2 heterocycles. The topological polar surface area (TPSA) is 64.6 Å². The number of fused-ring (bicyclic) bond motifs is 1. The molecule has 0 aliphatic rings. The second-order valence-corrected chi connectivity index (χ2v) is 5.31. The lowest BCUT2D eigenvalue weighted by molar-refractivity contribution is -0.191. The quantitative estimate of drug-likeness (QED) is 0.702. The van der Waals surface area contributed by atoms with Crippen molar-refractivity contribution in [3.63, 3.8) is 0 Å². The minimum Gasteiger partial charge on any atom is -0.444 e. The maximum atomic E-state index is 8.12. The fourth-order valence-electron chi connectivity index (χ4n) is 2.27. The van der Waals surface area contributed by atoms with Crippen LogP contribution in [0.2, 0.25) is 10.0 Å². The van der Waals surface area contributed by atoms with E-state index >= 15 is 0 Å². The molecule has 0 saturated carbocycles. The summed E-state index contributed by atoms with van der Waals surface area (Å²) in [6.45, 7) is 4.07. The summed E-state index contributed by atoms with van der Waals surface area (Å²) in [5, 5.41) is 5.71. The molecule has 0 fully saturated rings. The number of halogens is 2. The van der Waals surface area contributed by atoms with Gasteiger partial charge in [-0.3, -0.25) is 0 Å². The van der Waals surface area contributed by atoms with Gasteiger partial charge in [-0.05, 0) is 31.5 Å². The summed E-state index contributed by atoms with van der Waals surface area (Å²) in [6.07, 6.45) is 2.81. The second kappa shape index (κ2) is 6.79. The summed E-state index contributed by atoms with van der Waals surface area (Å²) in [7, 11) is 0. The molecule has 0 aliphatic carbocycles. The van der Waals surface area contributed by atoms with Crippen LogP contribution in [0.5, 0.6) is 0 Å². The smallest absolute Gasteiger partial charge is 0.373 e. The van der Waals surface area contributed by atoms with Gasteiger partial charge in [-0.1, -0.05) is 30.1 Å². The van der Waals surface area contributed by atoms with E-state index in [1.165, 1.54) is 0 Å². The van der Waals surface area contributed by atoms with E-state index in [4.69, 9.17) is 37.2 Å². The van der Waals surface area contributed by atoms with Gasteiger partial charge in [0.05, 0.1) is 10.7 Å². The Bertz CT molecular complexity index is 846. The van der Waals surface area contributed by atoms with Gasteiger partial charge in [0.15, 0.2) is 0 Å². The largest absolute Gasteiger partial charge is 0.444 e. The van der Waals surface area contributed by atoms with Crippen LogP contribution in [-0.4, -0.2) is 15.8 Å². The molecule has 114 valence electrons. The van der Waals surface area contributed by atoms with E-state index in [0.29, 0.717) is 10.0 Å². The van der Waals surface area contributed by atoms with Crippen molar-refractivity contribution >= 4 is 35.1 Å². The molecule has 1 aromatic carbocycles. The molecule has 0 radical (unpaired) electrons. The summed E-state index contributed by atoms with van der Waals surface area (Å²) in [5.74, 6) is 0. The lowest BCUT2D eigenvalue weighted by atomic mass is 10.2. The third-order valence-corrected chi connectivity index (χ3v) is 3.76. The normalized spacial score (nSPS) is 10.2. The Morgan fingerprint density at radius 2 is 2.00 bits per heavy atom. The highest BCUT2D eigenvalue weighted by Gasteiger charge is 2.17. The van der Waals surface area contributed by atoms with E-state index < -0.39 is 0 Å². The molecule has 0 atom stereocenters. The molecule has 2 aromatic heterocycles. The fourth-order valence-corrected chi connectivity index (χ4v) is 2.77. The Morgan fingerprint density at radius 1 is 1.32 bits per heavy atom. The zero-order chi connectivity index (χ0) is 16.3. The molecule has 0 spiro atoms. The highest BCUT2D eigenvalue weighted by atomic mass is 35.5. The minimum absolute atomic E-state index is 0.250. The maximum absolute atomic E-state index is 8.12. The lowest BCUT2D eigenvalue weighted by Gasteiger charge is -2.01. The van der Waals surface area contributed by atoms with Crippen LogP contribution in [0.4, 0.5) is 0 Å². The van der Waals surface area contributed by atoms with Crippen molar-refractivity contribution in [1.82, 2.24) is 9.61 Å². The van der Waals surface area contributed by atoms with Crippen molar-refractivity contribution in [3.8, 4) is 11.3 Å². The Hall–Kier alpha value is -2.07. The van der Waals surface area contributed by atoms with Gasteiger partial charge in [-0.15, -0.1) is 0 Å². The van der Waals surface area contributed by atoms with Crippen LogP contribution in [0.25, 0.3) is 17.0 Å². The number of nitrogens with zero attached hydrogens (tertiary/aromatic N) is 2. The van der Waals surface area contributed by atoms with Crippen molar-refractivity contribution in [3.05, 3.63) is 45.8 Å². The Labute approximate surface area is 136 Å². The second-order valence-electron chi connectivity index (χ2n) is 4.46. The molecule has 0 aliphatic heterocycles. The van der Waals surface area contributed by atoms with Gasteiger partial charge in [0.1, 0.15) is 12.0 Å². The number of aromatic nitrogens is 2. The standard InChI is InChI=1S/C14H12Cl2N2O.CO2/c1-3-10-8(2)17-18-13(7-19-14(10)18)11-5-4-9(15)6-12(11)16;2-1-3/h4-7H,3H2,1-2H3;. The van der Waals surface area contributed by atoms with Gasteiger partial charge < -0.3 is 4.42 Å². The summed E-state index contributed by atoms with van der Waals surface area (Å²) in [6, 6.07) is 5.39. The summed E-state index contributed by atoms with van der Waals surface area (Å²) < 4.78 is 7.44. The Balaban J connectivity index is 0.000000545. The zero-order valence-electron chi connectivity index (χ0n) is 11.9. The molecule has 0 N–H and O–H groups in total. The molecule has 5 nitrogen and oxygen atoms in total. The first kappa shape index (κ1) is 16.3. The van der Waals surface area contributed by atoms with Crippen molar-refractivity contribution in [2.75, 3.05) is 0 Å². The van der Waals surface area contributed by atoms with Crippen molar-refractivity contribution in [2.45, 2.75) is 20.3 Å². The van der Waals surface area contributed by atoms with Crippen LogP contribution in [0.3, 0.4) is 0 Å². The van der Waals surface area contributed by atoms with E-state index in [1.807, 2.05) is 13.0 Å². The van der Waals surface area contributed by atoms with Crippen LogP contribution in [0.15, 0.2) is 28.9 Å². The van der Waals surface area contributed by atoms with Gasteiger partial charge in [0.2, 0.25) is 5.71 Å². The van der Waals surface area contributed by atoms with Gasteiger partial charge >= 0.3 is 6.15 Å². The molecular formula is C15H12Cl2N2O3.